The van der Waals surface area contributed by atoms with Crippen molar-refractivity contribution in [3.8, 4) is 0 Å². The summed E-state index contributed by atoms with van der Waals surface area (Å²) in [4.78, 5) is 6.60. The van der Waals surface area contributed by atoms with Crippen molar-refractivity contribution in [2.24, 2.45) is 5.92 Å². The summed E-state index contributed by atoms with van der Waals surface area (Å²) in [6.07, 6.45) is 2.44. The molecule has 0 saturated carbocycles. The van der Waals surface area contributed by atoms with Gasteiger partial charge in [0.05, 0.1) is 11.0 Å². The van der Waals surface area contributed by atoms with Crippen LogP contribution in [-0.4, -0.2) is 34.6 Å². The number of rotatable bonds is 2. The van der Waals surface area contributed by atoms with Crippen molar-refractivity contribution in [3.63, 3.8) is 0 Å². The van der Waals surface area contributed by atoms with Crippen molar-refractivity contribution in [2.75, 3.05) is 25.9 Å². The molecule has 1 aliphatic heterocycles. The lowest BCUT2D eigenvalue weighted by Crippen LogP contribution is -2.34. The maximum atomic E-state index is 13.2. The van der Waals surface area contributed by atoms with E-state index in [1.54, 1.807) is 6.07 Å². The summed E-state index contributed by atoms with van der Waals surface area (Å²) in [7, 11) is 2.15. The fourth-order valence-corrected chi connectivity index (χ4v) is 2.99. The fourth-order valence-electron chi connectivity index (χ4n) is 2.99. The first-order valence-electron chi connectivity index (χ1n) is 6.73. The van der Waals surface area contributed by atoms with E-state index in [4.69, 9.17) is 5.73 Å². The molecule has 0 aliphatic carbocycles. The third-order valence-electron chi connectivity index (χ3n) is 3.90. The lowest BCUT2D eigenvalue weighted by atomic mass is 9.98. The summed E-state index contributed by atoms with van der Waals surface area (Å²) in [6.45, 7) is 3.11. The Bertz CT molecular complexity index is 592. The van der Waals surface area contributed by atoms with Crippen molar-refractivity contribution in [1.82, 2.24) is 14.5 Å². The number of halogens is 1. The average Bonchev–Trinajstić information content (AvgIpc) is 2.65. The predicted molar refractivity (Wildman–Crippen MR) is 74.3 cm³/mol. The van der Waals surface area contributed by atoms with E-state index in [1.165, 1.54) is 31.5 Å². The smallest absolute Gasteiger partial charge is 0.201 e. The van der Waals surface area contributed by atoms with Crippen molar-refractivity contribution < 1.29 is 4.39 Å². The zero-order valence-corrected chi connectivity index (χ0v) is 11.1. The standard InChI is InChI=1S/C14H19FN4/c1-18-6-2-3-10(8-18)9-19-13-5-4-11(15)7-12(13)17-14(19)16/h4-5,7,10H,2-3,6,8-9H2,1H3,(H2,16,17). The van der Waals surface area contributed by atoms with E-state index >= 15 is 0 Å². The molecule has 2 heterocycles. The summed E-state index contributed by atoms with van der Waals surface area (Å²) in [5.41, 5.74) is 7.53. The van der Waals surface area contributed by atoms with Crippen LogP contribution in [0.25, 0.3) is 11.0 Å². The molecule has 2 aromatic rings. The Balaban J connectivity index is 1.89. The van der Waals surface area contributed by atoms with Crippen LogP contribution >= 0.6 is 0 Å². The van der Waals surface area contributed by atoms with Gasteiger partial charge in [-0.05, 0) is 44.5 Å². The molecular formula is C14H19FN4. The van der Waals surface area contributed by atoms with Gasteiger partial charge in [-0.2, -0.15) is 0 Å². The van der Waals surface area contributed by atoms with Crippen LogP contribution in [0, 0.1) is 11.7 Å². The molecule has 0 bridgehead atoms. The van der Waals surface area contributed by atoms with Crippen LogP contribution in [0.5, 0.6) is 0 Å². The van der Waals surface area contributed by atoms with Crippen LogP contribution in [-0.2, 0) is 6.54 Å². The number of anilines is 1. The van der Waals surface area contributed by atoms with E-state index in [9.17, 15) is 4.39 Å². The minimum absolute atomic E-state index is 0.269. The minimum Gasteiger partial charge on any atom is -0.369 e. The molecule has 5 heteroatoms. The number of nitrogens with zero attached hydrogens (tertiary/aromatic N) is 3. The molecule has 1 aromatic heterocycles. The molecule has 19 heavy (non-hydrogen) atoms. The van der Waals surface area contributed by atoms with Crippen LogP contribution in [0.2, 0.25) is 0 Å². The maximum absolute atomic E-state index is 13.2. The zero-order chi connectivity index (χ0) is 13.4. The number of benzene rings is 1. The van der Waals surface area contributed by atoms with E-state index in [1.807, 2.05) is 4.57 Å². The van der Waals surface area contributed by atoms with Gasteiger partial charge in [-0.15, -0.1) is 0 Å². The van der Waals surface area contributed by atoms with Gasteiger partial charge in [0.25, 0.3) is 0 Å². The van der Waals surface area contributed by atoms with Crippen LogP contribution in [0.3, 0.4) is 0 Å². The quantitative estimate of drug-likeness (QED) is 0.901. The van der Waals surface area contributed by atoms with Crippen molar-refractivity contribution in [2.45, 2.75) is 19.4 Å². The molecule has 1 saturated heterocycles. The largest absolute Gasteiger partial charge is 0.369 e. The highest BCUT2D eigenvalue weighted by atomic mass is 19.1. The normalized spacial score (nSPS) is 21.1. The number of nitrogens with two attached hydrogens (primary N) is 1. The highest BCUT2D eigenvalue weighted by Gasteiger charge is 2.19. The predicted octanol–water partition coefficient (Wildman–Crippen LogP) is 2.10. The maximum Gasteiger partial charge on any atom is 0.201 e. The number of hydrogen-bond donors (Lipinski definition) is 1. The molecule has 0 radical (unpaired) electrons. The Kier molecular flexibility index (Phi) is 3.14. The van der Waals surface area contributed by atoms with Crippen molar-refractivity contribution >= 4 is 17.0 Å². The Labute approximate surface area is 112 Å². The number of fused-ring (bicyclic) bond motifs is 1. The second kappa shape index (κ2) is 4.81. The Morgan fingerprint density at radius 3 is 3.11 bits per heavy atom. The molecular weight excluding hydrogens is 243 g/mol. The van der Waals surface area contributed by atoms with Gasteiger partial charge in [0.2, 0.25) is 5.95 Å². The Morgan fingerprint density at radius 1 is 1.47 bits per heavy atom. The molecule has 4 nitrogen and oxygen atoms in total. The van der Waals surface area contributed by atoms with Crippen LogP contribution in [0.4, 0.5) is 10.3 Å². The molecule has 3 rings (SSSR count). The highest BCUT2D eigenvalue weighted by Crippen LogP contribution is 2.23. The third-order valence-corrected chi connectivity index (χ3v) is 3.90. The topological polar surface area (TPSA) is 47.1 Å². The molecule has 1 aliphatic rings. The number of nitrogen functional groups attached to an aromatic ring is 1. The second-order valence-corrected chi connectivity index (χ2v) is 5.48. The molecule has 1 fully saturated rings. The van der Waals surface area contributed by atoms with Gasteiger partial charge >= 0.3 is 0 Å². The van der Waals surface area contributed by atoms with E-state index in [0.717, 1.165) is 18.6 Å². The summed E-state index contributed by atoms with van der Waals surface area (Å²) >= 11 is 0. The summed E-state index contributed by atoms with van der Waals surface area (Å²) < 4.78 is 15.2. The zero-order valence-electron chi connectivity index (χ0n) is 11.1. The van der Waals surface area contributed by atoms with Gasteiger partial charge in [-0.25, -0.2) is 9.37 Å². The minimum atomic E-state index is -0.269. The first kappa shape index (κ1) is 12.4. The van der Waals surface area contributed by atoms with Gasteiger partial charge in [0.15, 0.2) is 0 Å². The lowest BCUT2D eigenvalue weighted by Gasteiger charge is -2.30. The van der Waals surface area contributed by atoms with Crippen LogP contribution < -0.4 is 5.73 Å². The average molecular weight is 262 g/mol. The molecule has 0 amide bonds. The third kappa shape index (κ3) is 2.42. The van der Waals surface area contributed by atoms with Crippen molar-refractivity contribution in [1.29, 1.82) is 0 Å². The van der Waals surface area contributed by atoms with Gasteiger partial charge in [0.1, 0.15) is 5.82 Å². The second-order valence-electron chi connectivity index (χ2n) is 5.48. The number of imidazole rings is 1. The molecule has 2 N–H and O–H groups in total. The van der Waals surface area contributed by atoms with Crippen molar-refractivity contribution in [3.05, 3.63) is 24.0 Å². The Hall–Kier alpha value is -1.62. The van der Waals surface area contributed by atoms with Gasteiger partial charge < -0.3 is 15.2 Å². The summed E-state index contributed by atoms with van der Waals surface area (Å²) in [6, 6.07) is 4.67. The van der Waals surface area contributed by atoms with Gasteiger partial charge in [-0.1, -0.05) is 0 Å². The number of aromatic nitrogens is 2. The Morgan fingerprint density at radius 2 is 2.32 bits per heavy atom. The molecule has 0 spiro atoms. The number of likely N-dealkylation sites (tertiary alicyclic amines) is 1. The molecule has 102 valence electrons. The van der Waals surface area contributed by atoms with E-state index in [0.29, 0.717) is 17.4 Å². The SMILES string of the molecule is CN1CCCC(Cn2c(N)nc3cc(F)ccc32)C1. The monoisotopic (exact) mass is 262 g/mol. The van der Waals surface area contributed by atoms with E-state index in [-0.39, 0.29) is 5.82 Å². The fraction of sp³-hybridized carbons (Fsp3) is 0.500. The molecule has 1 atom stereocenters. The highest BCUT2D eigenvalue weighted by molar-refractivity contribution is 5.78. The first-order chi connectivity index (χ1) is 9.13. The van der Waals surface area contributed by atoms with Crippen LogP contribution in [0.15, 0.2) is 18.2 Å². The van der Waals surface area contributed by atoms with Gasteiger partial charge in [-0.3, -0.25) is 0 Å². The van der Waals surface area contributed by atoms with Crippen LogP contribution in [0.1, 0.15) is 12.8 Å². The van der Waals surface area contributed by atoms with Gasteiger partial charge in [0, 0.05) is 19.2 Å². The first-order valence-corrected chi connectivity index (χ1v) is 6.73. The van der Waals surface area contributed by atoms with E-state index in [2.05, 4.69) is 16.9 Å². The number of hydrogen-bond acceptors (Lipinski definition) is 3. The number of piperidine rings is 1. The summed E-state index contributed by atoms with van der Waals surface area (Å²) in [5.74, 6) is 0.798. The van der Waals surface area contributed by atoms with E-state index < -0.39 is 0 Å². The lowest BCUT2D eigenvalue weighted by molar-refractivity contribution is 0.196. The molecule has 1 unspecified atom stereocenters. The molecule has 1 aromatic carbocycles. The summed E-state index contributed by atoms with van der Waals surface area (Å²) in [5, 5.41) is 0.